The van der Waals surface area contributed by atoms with Crippen molar-refractivity contribution in [2.24, 2.45) is 0 Å². The summed E-state index contributed by atoms with van der Waals surface area (Å²) in [6, 6.07) is -0.675. The first-order valence-corrected chi connectivity index (χ1v) is 8.35. The van der Waals surface area contributed by atoms with Crippen LogP contribution >= 0.6 is 18.2 Å². The number of nitrogens with zero attached hydrogens (tertiary/aromatic N) is 1. The molecule has 1 fully saturated rings. The van der Waals surface area contributed by atoms with Crippen molar-refractivity contribution in [1.29, 1.82) is 0 Å². The number of hydrogen-bond acceptors (Lipinski definition) is 5. The molecule has 5 nitrogen and oxygen atoms in total. The first kappa shape index (κ1) is 12.2. The second-order valence-corrected chi connectivity index (χ2v) is 9.34. The molecule has 1 heterocycles. The standard InChI is InChI=1S/C7H17N2O3PS/c1-6(7(10)11)8-13(12)5-9(2)3-4-14-13/h6,8,12-13H,3-5H2,1-2H3,(H,10,11)/t6-/m0/s1. The molecule has 1 saturated heterocycles. The molecule has 0 aromatic rings. The monoisotopic (exact) mass is 240 g/mol. The first-order chi connectivity index (χ1) is 6.43. The Bertz CT molecular complexity index is 231. The van der Waals surface area contributed by atoms with Crippen molar-refractivity contribution in [2.75, 3.05) is 25.6 Å². The van der Waals surface area contributed by atoms with E-state index in [0.717, 1.165) is 12.3 Å². The van der Waals surface area contributed by atoms with E-state index in [2.05, 4.69) is 5.09 Å². The minimum atomic E-state index is -2.61. The van der Waals surface area contributed by atoms with Gasteiger partial charge in [0.1, 0.15) is 0 Å². The molecule has 0 spiro atoms. The molecule has 1 aliphatic rings. The predicted molar refractivity (Wildman–Crippen MR) is 60.7 cm³/mol. The van der Waals surface area contributed by atoms with Crippen LogP contribution in [0, 0.1) is 0 Å². The van der Waals surface area contributed by atoms with Gasteiger partial charge in [-0.3, -0.25) is 0 Å². The van der Waals surface area contributed by atoms with Crippen LogP contribution in [0.15, 0.2) is 0 Å². The number of carbonyl (C=O) groups is 1. The molecule has 7 heteroatoms. The fourth-order valence-corrected chi connectivity index (χ4v) is 7.05. The molecule has 14 heavy (non-hydrogen) atoms. The normalized spacial score (nSPS) is 26.8. The van der Waals surface area contributed by atoms with Crippen molar-refractivity contribution in [2.45, 2.75) is 13.0 Å². The zero-order valence-corrected chi connectivity index (χ0v) is 10.2. The zero-order valence-electron chi connectivity index (χ0n) is 8.36. The van der Waals surface area contributed by atoms with Crippen LogP contribution in [0.25, 0.3) is 0 Å². The van der Waals surface area contributed by atoms with Crippen LogP contribution in [0.5, 0.6) is 0 Å². The summed E-state index contributed by atoms with van der Waals surface area (Å²) in [5, 5.41) is 11.6. The molecule has 0 aromatic heterocycles. The average Bonchev–Trinajstić information content (AvgIpc) is 2.02. The molecule has 0 amide bonds. The fourth-order valence-electron chi connectivity index (χ4n) is 1.35. The van der Waals surface area contributed by atoms with E-state index in [4.69, 9.17) is 5.11 Å². The van der Waals surface area contributed by atoms with Gasteiger partial charge < -0.3 is 0 Å². The van der Waals surface area contributed by atoms with Crippen molar-refractivity contribution in [1.82, 2.24) is 9.99 Å². The molecular formula is C7H17N2O3PS. The summed E-state index contributed by atoms with van der Waals surface area (Å²) in [4.78, 5) is 22.8. The Labute approximate surface area is 88.1 Å². The number of hydrogen-bond donors (Lipinski definition) is 3. The zero-order chi connectivity index (χ0) is 10.8. The van der Waals surface area contributed by atoms with Crippen molar-refractivity contribution in [3.8, 4) is 0 Å². The summed E-state index contributed by atoms with van der Waals surface area (Å²) >= 11 is 1.49. The van der Waals surface area contributed by atoms with E-state index >= 15 is 0 Å². The number of aliphatic carboxylic acids is 1. The predicted octanol–water partition coefficient (Wildman–Crippen LogP) is 0.172. The summed E-state index contributed by atoms with van der Waals surface area (Å²) < 4.78 is 0. The first-order valence-electron chi connectivity index (χ1n) is 4.48. The van der Waals surface area contributed by atoms with Crippen LogP contribution in [-0.4, -0.2) is 52.5 Å². The van der Waals surface area contributed by atoms with Gasteiger partial charge in [-0.1, -0.05) is 0 Å². The summed E-state index contributed by atoms with van der Waals surface area (Å²) in [7, 11) is 1.94. The van der Waals surface area contributed by atoms with Gasteiger partial charge in [-0.2, -0.15) is 0 Å². The van der Waals surface area contributed by atoms with Gasteiger partial charge in [0.15, 0.2) is 0 Å². The van der Waals surface area contributed by atoms with E-state index in [1.165, 1.54) is 11.4 Å². The molecule has 84 valence electrons. The van der Waals surface area contributed by atoms with Crippen LogP contribution in [0.3, 0.4) is 0 Å². The number of nitrogens with one attached hydrogen (secondary N) is 1. The molecule has 0 saturated carbocycles. The molecule has 0 aromatic carbocycles. The van der Waals surface area contributed by atoms with E-state index < -0.39 is 18.9 Å². The second kappa shape index (κ2) is 4.77. The van der Waals surface area contributed by atoms with Crippen molar-refractivity contribution >= 4 is 24.2 Å². The van der Waals surface area contributed by atoms with Crippen LogP contribution in [-0.2, 0) is 4.79 Å². The number of rotatable bonds is 3. The summed E-state index contributed by atoms with van der Waals surface area (Å²) in [5.41, 5.74) is 0. The summed E-state index contributed by atoms with van der Waals surface area (Å²) in [6.07, 6.45) is 0.579. The molecule has 0 aliphatic carbocycles. The Morgan fingerprint density at radius 2 is 2.36 bits per heavy atom. The SMILES string of the molecule is C[C@H](N[PH]1(O)CN(C)CCS1)C(=O)O. The number of carboxylic acid groups (broad SMARTS) is 1. The Balaban J connectivity index is 2.52. The summed E-state index contributed by atoms with van der Waals surface area (Å²) in [6.45, 7) is -0.108. The van der Waals surface area contributed by atoms with Gasteiger partial charge in [-0.05, 0) is 0 Å². The third kappa shape index (κ3) is 3.37. The van der Waals surface area contributed by atoms with Gasteiger partial charge in [-0.25, -0.2) is 0 Å². The molecule has 1 atom stereocenters. The molecule has 0 unspecified atom stereocenters. The molecule has 1 rings (SSSR count). The van der Waals surface area contributed by atoms with E-state index in [0.29, 0.717) is 6.29 Å². The maximum atomic E-state index is 10.6. The second-order valence-electron chi connectivity index (χ2n) is 3.57. The maximum absolute atomic E-state index is 10.6. The summed E-state index contributed by atoms with van der Waals surface area (Å²) in [5.74, 6) is -0.0572. The third-order valence-electron chi connectivity index (χ3n) is 2.11. The van der Waals surface area contributed by atoms with Crippen LogP contribution in [0.4, 0.5) is 0 Å². The molecule has 1 aliphatic heterocycles. The Morgan fingerprint density at radius 3 is 2.86 bits per heavy atom. The Morgan fingerprint density at radius 1 is 1.71 bits per heavy atom. The topological polar surface area (TPSA) is 72.8 Å². The minimum absolute atomic E-state index is 0.579. The Kier molecular flexibility index (Phi) is 4.15. The van der Waals surface area contributed by atoms with Gasteiger partial charge >= 0.3 is 87.6 Å². The fraction of sp³-hybridized carbons (Fsp3) is 0.857. The quantitative estimate of drug-likeness (QED) is 0.611. The average molecular weight is 240 g/mol. The van der Waals surface area contributed by atoms with Gasteiger partial charge in [0.2, 0.25) is 0 Å². The molecule has 0 radical (unpaired) electrons. The van der Waals surface area contributed by atoms with Crippen molar-refractivity contribution in [3.63, 3.8) is 0 Å². The molecular weight excluding hydrogens is 223 g/mol. The molecule has 0 bridgehead atoms. The van der Waals surface area contributed by atoms with Crippen LogP contribution in [0.1, 0.15) is 6.92 Å². The van der Waals surface area contributed by atoms with Gasteiger partial charge in [-0.15, -0.1) is 0 Å². The van der Waals surface area contributed by atoms with Gasteiger partial charge in [0, 0.05) is 0 Å². The van der Waals surface area contributed by atoms with Gasteiger partial charge in [0.25, 0.3) is 0 Å². The van der Waals surface area contributed by atoms with E-state index in [9.17, 15) is 9.69 Å². The van der Waals surface area contributed by atoms with E-state index in [-0.39, 0.29) is 0 Å². The van der Waals surface area contributed by atoms with Crippen LogP contribution in [0.2, 0.25) is 0 Å². The van der Waals surface area contributed by atoms with E-state index in [1.807, 2.05) is 11.9 Å². The van der Waals surface area contributed by atoms with E-state index in [1.54, 1.807) is 6.92 Å². The van der Waals surface area contributed by atoms with Gasteiger partial charge in [0.05, 0.1) is 0 Å². The molecule has 3 N–H and O–H groups in total. The third-order valence-corrected chi connectivity index (χ3v) is 7.61. The Hall–Kier alpha value is 0.130. The van der Waals surface area contributed by atoms with Crippen molar-refractivity contribution in [3.05, 3.63) is 0 Å². The number of carboxylic acids is 1. The van der Waals surface area contributed by atoms with Crippen molar-refractivity contribution < 1.29 is 14.8 Å². The van der Waals surface area contributed by atoms with Crippen LogP contribution < -0.4 is 5.09 Å².